The summed E-state index contributed by atoms with van der Waals surface area (Å²) in [7, 11) is 0. The second kappa shape index (κ2) is 11.9. The molecule has 172 valence electrons. The molecule has 2 aromatic carbocycles. The van der Waals surface area contributed by atoms with E-state index < -0.39 is 0 Å². The van der Waals surface area contributed by atoms with E-state index in [-0.39, 0.29) is 35.7 Å². The highest BCUT2D eigenvalue weighted by Gasteiger charge is 2.21. The number of rotatable bonds is 8. The van der Waals surface area contributed by atoms with Crippen LogP contribution in [-0.2, 0) is 9.53 Å². The van der Waals surface area contributed by atoms with Gasteiger partial charge in [0.2, 0.25) is 5.91 Å². The smallest absolute Gasteiger partial charge is 0.239 e. The van der Waals surface area contributed by atoms with Crippen molar-refractivity contribution in [3.8, 4) is 0 Å². The minimum Gasteiger partial charge on any atom is -0.379 e. The Morgan fingerprint density at radius 2 is 1.84 bits per heavy atom. The molecule has 4 rings (SSSR count). The Morgan fingerprint density at radius 1 is 1.12 bits per heavy atom. The highest BCUT2D eigenvalue weighted by atomic mass is 35.5. The second-order valence-corrected chi connectivity index (χ2v) is 9.26. The maximum atomic E-state index is 13.6. The monoisotopic (exact) mass is 499 g/mol. The molecule has 0 N–H and O–H groups in total. The van der Waals surface area contributed by atoms with Crippen molar-refractivity contribution in [2.45, 2.75) is 11.3 Å². The van der Waals surface area contributed by atoms with Crippen molar-refractivity contribution in [3.05, 3.63) is 54.1 Å². The summed E-state index contributed by atoms with van der Waals surface area (Å²) in [5.41, 5.74) is 0.679. The summed E-state index contributed by atoms with van der Waals surface area (Å²) < 4.78 is 32.8. The van der Waals surface area contributed by atoms with Crippen molar-refractivity contribution in [1.29, 1.82) is 0 Å². The predicted molar refractivity (Wildman–Crippen MR) is 128 cm³/mol. The van der Waals surface area contributed by atoms with Crippen LogP contribution in [0.2, 0.25) is 0 Å². The molecule has 1 aliphatic rings. The lowest BCUT2D eigenvalue weighted by molar-refractivity contribution is -0.116. The fourth-order valence-electron chi connectivity index (χ4n) is 3.36. The molecule has 0 spiro atoms. The van der Waals surface area contributed by atoms with Crippen LogP contribution in [0.1, 0.15) is 6.42 Å². The number of hydrogen-bond acceptors (Lipinski definition) is 6. The Labute approximate surface area is 200 Å². The number of morpholine rings is 1. The summed E-state index contributed by atoms with van der Waals surface area (Å²) in [5.74, 6) is -0.481. The number of fused-ring (bicyclic) bond motifs is 1. The van der Waals surface area contributed by atoms with Gasteiger partial charge in [-0.1, -0.05) is 11.3 Å². The third-order valence-electron chi connectivity index (χ3n) is 5.01. The number of anilines is 1. The Hall–Kier alpha value is -1.78. The van der Waals surface area contributed by atoms with E-state index >= 15 is 0 Å². The number of hydrogen-bond donors (Lipinski definition) is 0. The summed E-state index contributed by atoms with van der Waals surface area (Å²) in [5, 5.41) is 0.576. The highest BCUT2D eigenvalue weighted by molar-refractivity contribution is 8.00. The maximum Gasteiger partial charge on any atom is 0.239 e. The van der Waals surface area contributed by atoms with Crippen LogP contribution in [0.3, 0.4) is 0 Å². The van der Waals surface area contributed by atoms with E-state index in [0.29, 0.717) is 21.9 Å². The average molecular weight is 500 g/mol. The van der Waals surface area contributed by atoms with Crippen LogP contribution >= 0.6 is 35.5 Å². The molecule has 0 aliphatic carbocycles. The van der Waals surface area contributed by atoms with Gasteiger partial charge >= 0.3 is 0 Å². The molecule has 0 unspecified atom stereocenters. The van der Waals surface area contributed by atoms with Crippen molar-refractivity contribution in [2.24, 2.45) is 0 Å². The molecule has 5 nitrogen and oxygen atoms in total. The lowest BCUT2D eigenvalue weighted by Crippen LogP contribution is -2.39. The van der Waals surface area contributed by atoms with Gasteiger partial charge in [0, 0.05) is 31.1 Å². The van der Waals surface area contributed by atoms with Crippen molar-refractivity contribution in [2.75, 3.05) is 50.0 Å². The summed E-state index contributed by atoms with van der Waals surface area (Å²) in [6.07, 6.45) is 0.803. The Kier molecular flexibility index (Phi) is 9.24. The van der Waals surface area contributed by atoms with E-state index in [1.165, 1.54) is 47.4 Å². The van der Waals surface area contributed by atoms with Gasteiger partial charge in [0.15, 0.2) is 5.13 Å². The molecule has 1 saturated heterocycles. The van der Waals surface area contributed by atoms with Crippen LogP contribution in [0, 0.1) is 11.6 Å². The van der Waals surface area contributed by atoms with Gasteiger partial charge in [-0.3, -0.25) is 14.6 Å². The van der Waals surface area contributed by atoms with E-state index in [2.05, 4.69) is 9.88 Å². The third-order valence-corrected chi connectivity index (χ3v) is 7.04. The van der Waals surface area contributed by atoms with Crippen LogP contribution in [0.25, 0.3) is 10.2 Å². The molecule has 32 heavy (non-hydrogen) atoms. The van der Waals surface area contributed by atoms with Crippen LogP contribution in [0.4, 0.5) is 13.9 Å². The van der Waals surface area contributed by atoms with Gasteiger partial charge < -0.3 is 4.74 Å². The quantitative estimate of drug-likeness (QED) is 0.415. The molecule has 0 bridgehead atoms. The Morgan fingerprint density at radius 3 is 2.59 bits per heavy atom. The zero-order valence-electron chi connectivity index (χ0n) is 17.3. The first kappa shape index (κ1) is 24.9. The van der Waals surface area contributed by atoms with Crippen LogP contribution in [0.5, 0.6) is 0 Å². The first-order chi connectivity index (χ1) is 15.1. The molecule has 1 aromatic heterocycles. The van der Waals surface area contributed by atoms with E-state index in [4.69, 9.17) is 4.74 Å². The number of aromatic nitrogens is 1. The van der Waals surface area contributed by atoms with E-state index in [1.807, 2.05) is 0 Å². The molecule has 10 heteroatoms. The SMILES string of the molecule is Cl.O=C(CSc1ccc(F)cc1)N(CCCN1CCOCC1)c1nc2ccc(F)cc2s1. The number of carbonyl (C=O) groups is 1. The topological polar surface area (TPSA) is 45.7 Å². The Bertz CT molecular complexity index is 1030. The number of thioether (sulfide) groups is 1. The lowest BCUT2D eigenvalue weighted by atomic mass is 10.3. The maximum absolute atomic E-state index is 13.6. The fraction of sp³-hybridized carbons (Fsp3) is 0.364. The fourth-order valence-corrected chi connectivity index (χ4v) is 5.17. The van der Waals surface area contributed by atoms with Gasteiger partial charge in [-0.2, -0.15) is 0 Å². The predicted octanol–water partition coefficient (Wildman–Crippen LogP) is 4.84. The number of halogens is 3. The molecule has 2 heterocycles. The summed E-state index contributed by atoms with van der Waals surface area (Å²) >= 11 is 2.68. The van der Waals surface area contributed by atoms with E-state index in [0.717, 1.165) is 44.2 Å². The number of thiazole rings is 1. The van der Waals surface area contributed by atoms with Crippen molar-refractivity contribution in [3.63, 3.8) is 0 Å². The highest BCUT2D eigenvalue weighted by Crippen LogP contribution is 2.30. The lowest BCUT2D eigenvalue weighted by Gasteiger charge is -2.27. The molecule has 3 aromatic rings. The molecule has 0 saturated carbocycles. The van der Waals surface area contributed by atoms with Crippen molar-refractivity contribution >= 4 is 56.8 Å². The number of ether oxygens (including phenoxy) is 1. The van der Waals surface area contributed by atoms with Crippen LogP contribution in [-0.4, -0.2) is 60.9 Å². The first-order valence-corrected chi connectivity index (χ1v) is 11.9. The standard InChI is InChI=1S/C22H23F2N3O2S2.ClH/c23-16-2-5-18(6-3-16)30-15-21(28)27(9-1-8-26-10-12-29-13-11-26)22-25-19-7-4-17(24)14-20(19)31-22;/h2-7,14H,1,8-13,15H2;1H. The summed E-state index contributed by atoms with van der Waals surface area (Å²) in [4.78, 5) is 22.5. The summed E-state index contributed by atoms with van der Waals surface area (Å²) in [6, 6.07) is 10.5. The molecular weight excluding hydrogens is 476 g/mol. The van der Waals surface area contributed by atoms with Crippen molar-refractivity contribution in [1.82, 2.24) is 9.88 Å². The largest absolute Gasteiger partial charge is 0.379 e. The molecule has 0 atom stereocenters. The molecule has 0 radical (unpaired) electrons. The third kappa shape index (κ3) is 6.62. The van der Waals surface area contributed by atoms with Gasteiger partial charge in [-0.25, -0.2) is 13.8 Å². The molecule has 1 fully saturated rings. The van der Waals surface area contributed by atoms with Gasteiger partial charge in [-0.15, -0.1) is 24.2 Å². The minimum atomic E-state index is -0.320. The zero-order chi connectivity index (χ0) is 21.6. The molecular formula is C22H24ClF2N3O2S2. The van der Waals surface area contributed by atoms with Gasteiger partial charge in [-0.05, 0) is 48.9 Å². The van der Waals surface area contributed by atoms with E-state index in [9.17, 15) is 13.6 Å². The minimum absolute atomic E-state index is 0. The summed E-state index contributed by atoms with van der Waals surface area (Å²) in [6.45, 7) is 4.67. The van der Waals surface area contributed by atoms with E-state index in [1.54, 1.807) is 23.1 Å². The van der Waals surface area contributed by atoms with Gasteiger partial charge in [0.1, 0.15) is 11.6 Å². The average Bonchev–Trinajstić information content (AvgIpc) is 3.19. The number of amides is 1. The number of carbonyl (C=O) groups excluding carboxylic acids is 1. The Balaban J connectivity index is 0.00000289. The van der Waals surface area contributed by atoms with Crippen molar-refractivity contribution < 1.29 is 18.3 Å². The van der Waals surface area contributed by atoms with Crippen LogP contribution < -0.4 is 4.90 Å². The molecule has 1 aliphatic heterocycles. The first-order valence-electron chi connectivity index (χ1n) is 10.1. The normalized spacial score (nSPS) is 14.3. The van der Waals surface area contributed by atoms with Gasteiger partial charge in [0.25, 0.3) is 0 Å². The zero-order valence-corrected chi connectivity index (χ0v) is 19.8. The number of benzene rings is 2. The molecule has 1 amide bonds. The second-order valence-electron chi connectivity index (χ2n) is 7.20. The van der Waals surface area contributed by atoms with Gasteiger partial charge in [0.05, 0.1) is 29.2 Å². The van der Waals surface area contributed by atoms with Crippen LogP contribution in [0.15, 0.2) is 47.4 Å². The number of nitrogens with zero attached hydrogens (tertiary/aromatic N) is 3.